The first kappa shape index (κ1) is 22.6. The minimum absolute atomic E-state index is 0.0448. The van der Waals surface area contributed by atoms with Crippen LogP contribution in [0, 0.1) is 11.8 Å². The van der Waals surface area contributed by atoms with Crippen molar-refractivity contribution in [2.75, 3.05) is 19.8 Å². The van der Waals surface area contributed by atoms with Crippen LogP contribution in [0.1, 0.15) is 44.2 Å². The zero-order valence-corrected chi connectivity index (χ0v) is 19.1. The number of amides is 1. The number of sulfonamides is 1. The van der Waals surface area contributed by atoms with E-state index in [1.807, 2.05) is 25.1 Å². The molecular weight excluding hydrogens is 428 g/mol. The van der Waals surface area contributed by atoms with Gasteiger partial charge in [-0.15, -0.1) is 0 Å². The second-order valence-electron chi connectivity index (χ2n) is 8.52. The third-order valence-electron chi connectivity index (χ3n) is 6.26. The van der Waals surface area contributed by atoms with Crippen molar-refractivity contribution in [1.29, 1.82) is 0 Å². The molecule has 8 heteroatoms. The fourth-order valence-electron chi connectivity index (χ4n) is 4.28. The predicted molar refractivity (Wildman–Crippen MR) is 121 cm³/mol. The number of hydrogen-bond acceptors (Lipinski definition) is 5. The van der Waals surface area contributed by atoms with Crippen LogP contribution in [0.5, 0.6) is 11.5 Å². The maximum absolute atomic E-state index is 12.8. The molecule has 0 radical (unpaired) electrons. The van der Waals surface area contributed by atoms with Crippen molar-refractivity contribution in [1.82, 2.24) is 10.0 Å². The van der Waals surface area contributed by atoms with Gasteiger partial charge in [-0.2, -0.15) is 0 Å². The minimum atomic E-state index is -3.49. The summed E-state index contributed by atoms with van der Waals surface area (Å²) in [6, 6.07) is 14.0. The fourth-order valence-corrected chi connectivity index (χ4v) is 5.42. The summed E-state index contributed by atoms with van der Waals surface area (Å²) in [4.78, 5) is 13.1. The third-order valence-corrected chi connectivity index (χ3v) is 7.70. The lowest BCUT2D eigenvalue weighted by atomic mass is 9.81. The van der Waals surface area contributed by atoms with Gasteiger partial charge in [0.15, 0.2) is 11.5 Å². The van der Waals surface area contributed by atoms with Gasteiger partial charge < -0.3 is 14.8 Å². The highest BCUT2D eigenvalue weighted by molar-refractivity contribution is 7.89. The average molecular weight is 459 g/mol. The Kier molecular flexibility index (Phi) is 7.01. The lowest BCUT2D eigenvalue weighted by Crippen LogP contribution is -2.37. The van der Waals surface area contributed by atoms with Crippen LogP contribution in [0.25, 0.3) is 0 Å². The molecule has 0 aromatic heterocycles. The van der Waals surface area contributed by atoms with Crippen molar-refractivity contribution in [2.24, 2.45) is 11.8 Å². The molecule has 0 unspecified atom stereocenters. The first-order valence-corrected chi connectivity index (χ1v) is 12.7. The zero-order chi connectivity index (χ0) is 22.6. The van der Waals surface area contributed by atoms with E-state index in [1.54, 1.807) is 30.3 Å². The summed E-state index contributed by atoms with van der Waals surface area (Å²) in [5.41, 5.74) is 0.978. The fraction of sp³-hybridized carbons (Fsp3) is 0.458. The van der Waals surface area contributed by atoms with E-state index in [2.05, 4.69) is 10.0 Å². The Hall–Kier alpha value is -2.58. The van der Waals surface area contributed by atoms with Crippen LogP contribution in [0.15, 0.2) is 53.4 Å². The summed E-state index contributed by atoms with van der Waals surface area (Å²) in [5, 5.41) is 3.12. The second-order valence-corrected chi connectivity index (χ2v) is 10.3. The number of hydrogen-bond donors (Lipinski definition) is 2. The number of carbonyl (C=O) groups is 1. The molecule has 32 heavy (non-hydrogen) atoms. The van der Waals surface area contributed by atoms with Crippen molar-refractivity contribution in [3.63, 3.8) is 0 Å². The van der Waals surface area contributed by atoms with Crippen molar-refractivity contribution >= 4 is 15.9 Å². The molecule has 4 rings (SSSR count). The molecule has 1 amide bonds. The molecule has 2 aromatic rings. The van der Waals surface area contributed by atoms with Crippen LogP contribution in [0.3, 0.4) is 0 Å². The van der Waals surface area contributed by atoms with E-state index in [0.29, 0.717) is 25.5 Å². The van der Waals surface area contributed by atoms with Gasteiger partial charge >= 0.3 is 0 Å². The van der Waals surface area contributed by atoms with Gasteiger partial charge in [0, 0.05) is 12.5 Å². The quantitative estimate of drug-likeness (QED) is 0.663. The number of rotatable bonds is 7. The van der Waals surface area contributed by atoms with Gasteiger partial charge in [-0.3, -0.25) is 4.79 Å². The van der Waals surface area contributed by atoms with E-state index in [1.165, 1.54) is 0 Å². The van der Waals surface area contributed by atoms with Crippen LogP contribution in [-0.2, 0) is 14.8 Å². The number of carbonyl (C=O) groups excluding carboxylic acids is 1. The van der Waals surface area contributed by atoms with E-state index in [9.17, 15) is 13.2 Å². The lowest BCUT2D eigenvalue weighted by molar-refractivity contribution is -0.126. The van der Waals surface area contributed by atoms with Crippen molar-refractivity contribution in [2.45, 2.75) is 43.5 Å². The highest BCUT2D eigenvalue weighted by atomic mass is 32.2. The normalized spacial score (nSPS) is 21.5. The standard InChI is InChI=1S/C24H30N2O5S/c1-17(20-11-12-22-23(15-20)31-14-13-30-22)26-24(27)19-9-7-18(8-10-19)16-25-32(28,29)21-5-3-2-4-6-21/h2-6,11-12,15,17-19,25H,7-10,13-14,16H2,1H3,(H,26,27)/t17-,18?,19?/m0/s1. The highest BCUT2D eigenvalue weighted by Gasteiger charge is 2.28. The molecule has 172 valence electrons. The Morgan fingerprint density at radius 1 is 1.00 bits per heavy atom. The van der Waals surface area contributed by atoms with Crippen LogP contribution in [0.4, 0.5) is 0 Å². The molecular formula is C24H30N2O5S. The molecule has 1 heterocycles. The van der Waals surface area contributed by atoms with E-state index in [-0.39, 0.29) is 28.7 Å². The Morgan fingerprint density at radius 2 is 1.69 bits per heavy atom. The van der Waals surface area contributed by atoms with Crippen molar-refractivity contribution in [3.05, 3.63) is 54.1 Å². The van der Waals surface area contributed by atoms with E-state index in [4.69, 9.17) is 9.47 Å². The monoisotopic (exact) mass is 458 g/mol. The predicted octanol–water partition coefficient (Wildman–Crippen LogP) is 3.42. The van der Waals surface area contributed by atoms with Gasteiger partial charge in [0.1, 0.15) is 13.2 Å². The number of benzene rings is 2. The molecule has 0 bridgehead atoms. The molecule has 1 fully saturated rings. The Balaban J connectivity index is 1.25. The summed E-state index contributed by atoms with van der Waals surface area (Å²) in [7, 11) is -3.49. The summed E-state index contributed by atoms with van der Waals surface area (Å²) < 4.78 is 38.7. The highest BCUT2D eigenvalue weighted by Crippen LogP contribution is 2.33. The maximum Gasteiger partial charge on any atom is 0.240 e. The molecule has 0 saturated heterocycles. The molecule has 7 nitrogen and oxygen atoms in total. The van der Waals surface area contributed by atoms with Gasteiger partial charge in [-0.1, -0.05) is 24.3 Å². The molecule has 1 aliphatic heterocycles. The smallest absolute Gasteiger partial charge is 0.240 e. The first-order chi connectivity index (χ1) is 15.4. The second kappa shape index (κ2) is 9.92. The molecule has 2 aromatic carbocycles. The molecule has 1 aliphatic carbocycles. The van der Waals surface area contributed by atoms with Crippen LogP contribution < -0.4 is 19.5 Å². The van der Waals surface area contributed by atoms with Crippen LogP contribution in [-0.4, -0.2) is 34.1 Å². The van der Waals surface area contributed by atoms with Crippen LogP contribution >= 0.6 is 0 Å². The summed E-state index contributed by atoms with van der Waals surface area (Å²) in [6.45, 7) is 3.45. The average Bonchev–Trinajstić information content (AvgIpc) is 2.83. The minimum Gasteiger partial charge on any atom is -0.486 e. The Labute approximate surface area is 189 Å². The molecule has 2 N–H and O–H groups in total. The van der Waals surface area contributed by atoms with E-state index in [0.717, 1.165) is 37.0 Å². The molecule has 2 aliphatic rings. The molecule has 1 atom stereocenters. The van der Waals surface area contributed by atoms with Gasteiger partial charge in [-0.25, -0.2) is 13.1 Å². The van der Waals surface area contributed by atoms with Gasteiger partial charge in [0.25, 0.3) is 0 Å². The summed E-state index contributed by atoms with van der Waals surface area (Å²) in [5.74, 6) is 1.70. The summed E-state index contributed by atoms with van der Waals surface area (Å²) in [6.07, 6.45) is 3.18. The summed E-state index contributed by atoms with van der Waals surface area (Å²) >= 11 is 0. The SMILES string of the molecule is C[C@H](NC(=O)C1CCC(CNS(=O)(=O)c2ccccc2)CC1)c1ccc2c(c1)OCCO2. The lowest BCUT2D eigenvalue weighted by Gasteiger charge is -2.29. The Bertz CT molecular complexity index is 1030. The number of ether oxygens (including phenoxy) is 2. The van der Waals surface area contributed by atoms with Crippen LogP contribution in [0.2, 0.25) is 0 Å². The number of fused-ring (bicyclic) bond motifs is 1. The third kappa shape index (κ3) is 5.42. The largest absolute Gasteiger partial charge is 0.486 e. The van der Waals surface area contributed by atoms with Gasteiger partial charge in [0.2, 0.25) is 15.9 Å². The van der Waals surface area contributed by atoms with Crippen molar-refractivity contribution in [3.8, 4) is 11.5 Å². The zero-order valence-electron chi connectivity index (χ0n) is 18.3. The number of nitrogens with one attached hydrogen (secondary N) is 2. The molecule has 1 saturated carbocycles. The van der Waals surface area contributed by atoms with E-state index >= 15 is 0 Å². The van der Waals surface area contributed by atoms with Gasteiger partial charge in [-0.05, 0) is 68.4 Å². The van der Waals surface area contributed by atoms with Gasteiger partial charge in [0.05, 0.1) is 10.9 Å². The van der Waals surface area contributed by atoms with Crippen molar-refractivity contribution < 1.29 is 22.7 Å². The first-order valence-electron chi connectivity index (χ1n) is 11.2. The Morgan fingerprint density at radius 3 is 2.41 bits per heavy atom. The topological polar surface area (TPSA) is 93.7 Å². The molecule has 0 spiro atoms. The van der Waals surface area contributed by atoms with E-state index < -0.39 is 10.0 Å². The maximum atomic E-state index is 12.8.